The molecule has 3 rings (SSSR count). The van der Waals surface area contributed by atoms with Crippen LogP contribution in [-0.4, -0.2) is 11.2 Å². The van der Waals surface area contributed by atoms with Crippen LogP contribution in [0.25, 0.3) is 0 Å². The summed E-state index contributed by atoms with van der Waals surface area (Å²) >= 11 is 0. The van der Waals surface area contributed by atoms with Gasteiger partial charge in [-0.1, -0.05) is 24.3 Å². The Bertz CT molecular complexity index is 306. The van der Waals surface area contributed by atoms with Crippen LogP contribution in [0.4, 0.5) is 0 Å². The van der Waals surface area contributed by atoms with E-state index < -0.39 is 0 Å². The molecule has 12 heavy (non-hydrogen) atoms. The van der Waals surface area contributed by atoms with Gasteiger partial charge in [0.25, 0.3) is 0 Å². The van der Waals surface area contributed by atoms with Crippen LogP contribution in [0.15, 0.2) is 24.3 Å². The molecule has 1 aromatic carbocycles. The molecular weight excluding hydrogens is 152 g/mol. The summed E-state index contributed by atoms with van der Waals surface area (Å²) in [6, 6.07) is 7.99. The molecule has 0 bridgehead atoms. The minimum Gasteiger partial charge on any atom is -0.388 e. The third kappa shape index (κ3) is 0.765. The topological polar surface area (TPSA) is 32.8 Å². The van der Waals surface area contributed by atoms with Crippen LogP contribution < -0.4 is 0 Å². The van der Waals surface area contributed by atoms with Gasteiger partial charge in [-0.25, -0.2) is 0 Å². The highest BCUT2D eigenvalue weighted by molar-refractivity contribution is 5.37. The lowest BCUT2D eigenvalue weighted by atomic mass is 9.90. The zero-order valence-electron chi connectivity index (χ0n) is 6.60. The van der Waals surface area contributed by atoms with Gasteiger partial charge in [-0.2, -0.15) is 0 Å². The van der Waals surface area contributed by atoms with Gasteiger partial charge in [0.2, 0.25) is 0 Å². The number of benzene rings is 1. The third-order valence-corrected chi connectivity index (χ3v) is 2.70. The molecule has 1 aliphatic carbocycles. The highest BCUT2D eigenvalue weighted by Gasteiger charge is 2.46. The number of ether oxygens (including phenoxy) is 1. The lowest BCUT2D eigenvalue weighted by Gasteiger charge is -2.17. The van der Waals surface area contributed by atoms with Crippen molar-refractivity contribution in [3.63, 3.8) is 0 Å². The van der Waals surface area contributed by atoms with E-state index in [0.717, 1.165) is 12.0 Å². The molecule has 2 heteroatoms. The molecule has 3 atom stereocenters. The van der Waals surface area contributed by atoms with Crippen molar-refractivity contribution >= 4 is 0 Å². The quantitative estimate of drug-likeness (QED) is 0.587. The van der Waals surface area contributed by atoms with Gasteiger partial charge in [-0.3, -0.25) is 0 Å². The van der Waals surface area contributed by atoms with E-state index in [4.69, 9.17) is 4.74 Å². The monoisotopic (exact) mass is 162 g/mol. The van der Waals surface area contributed by atoms with Crippen LogP contribution >= 0.6 is 0 Å². The maximum Gasteiger partial charge on any atom is 0.110 e. The predicted molar refractivity (Wildman–Crippen MR) is 43.6 cm³/mol. The predicted octanol–water partition coefficient (Wildman–Crippen LogP) is 1.56. The smallest absolute Gasteiger partial charge is 0.110 e. The summed E-state index contributed by atoms with van der Waals surface area (Å²) in [4.78, 5) is 0. The summed E-state index contributed by atoms with van der Waals surface area (Å²) in [6.45, 7) is 0. The Hall–Kier alpha value is -0.860. The molecule has 1 aromatic rings. The van der Waals surface area contributed by atoms with Crippen LogP contribution in [0.5, 0.6) is 0 Å². The van der Waals surface area contributed by atoms with E-state index in [0.29, 0.717) is 0 Å². The molecule has 0 unspecified atom stereocenters. The minimum atomic E-state index is -0.315. The first-order chi connectivity index (χ1) is 5.86. The summed E-state index contributed by atoms with van der Waals surface area (Å²) in [5, 5.41) is 9.68. The molecule has 2 aliphatic rings. The van der Waals surface area contributed by atoms with Crippen molar-refractivity contribution < 1.29 is 9.84 Å². The summed E-state index contributed by atoms with van der Waals surface area (Å²) in [5.41, 5.74) is 2.23. The van der Waals surface area contributed by atoms with Crippen molar-refractivity contribution in [1.82, 2.24) is 0 Å². The number of hydrogen-bond acceptors (Lipinski definition) is 2. The van der Waals surface area contributed by atoms with E-state index >= 15 is 0 Å². The van der Waals surface area contributed by atoms with E-state index in [1.807, 2.05) is 24.3 Å². The molecule has 0 amide bonds. The molecule has 1 heterocycles. The van der Waals surface area contributed by atoms with E-state index in [1.54, 1.807) is 0 Å². The Morgan fingerprint density at radius 2 is 2.00 bits per heavy atom. The lowest BCUT2D eigenvalue weighted by Crippen LogP contribution is -2.10. The Morgan fingerprint density at radius 1 is 1.25 bits per heavy atom. The van der Waals surface area contributed by atoms with Crippen molar-refractivity contribution in [2.24, 2.45) is 0 Å². The Balaban J connectivity index is 2.15. The highest BCUT2D eigenvalue weighted by Crippen LogP contribution is 2.50. The Labute approximate surface area is 70.8 Å². The Kier molecular flexibility index (Phi) is 1.15. The van der Waals surface area contributed by atoms with Crippen LogP contribution in [0, 0.1) is 0 Å². The van der Waals surface area contributed by atoms with Gasteiger partial charge in [0, 0.05) is 6.42 Å². The number of hydrogen-bond donors (Lipinski definition) is 1. The first kappa shape index (κ1) is 6.63. The van der Waals surface area contributed by atoms with E-state index in [-0.39, 0.29) is 18.3 Å². The molecule has 0 saturated carbocycles. The zero-order valence-corrected chi connectivity index (χ0v) is 6.60. The molecule has 2 nitrogen and oxygen atoms in total. The van der Waals surface area contributed by atoms with Crippen LogP contribution in [0.1, 0.15) is 29.8 Å². The normalized spacial score (nSPS) is 36.9. The van der Waals surface area contributed by atoms with E-state index in [9.17, 15) is 5.11 Å². The summed E-state index contributed by atoms with van der Waals surface area (Å²) in [6.07, 6.45) is 1.02. The maximum absolute atomic E-state index is 9.68. The van der Waals surface area contributed by atoms with Crippen molar-refractivity contribution in [3.8, 4) is 0 Å². The SMILES string of the molecule is O[C@@H]1C[C@@H]2O[C@@H]2c2ccccc21. The highest BCUT2D eigenvalue weighted by atomic mass is 16.6. The average Bonchev–Trinajstić information content (AvgIpc) is 2.84. The van der Waals surface area contributed by atoms with Gasteiger partial charge in [0.1, 0.15) is 6.10 Å². The molecule has 0 spiro atoms. The van der Waals surface area contributed by atoms with Gasteiger partial charge in [0.05, 0.1) is 12.2 Å². The Morgan fingerprint density at radius 3 is 2.83 bits per heavy atom. The molecule has 0 aromatic heterocycles. The second-order valence-electron chi connectivity index (χ2n) is 3.48. The number of epoxide rings is 1. The molecule has 1 aliphatic heterocycles. The van der Waals surface area contributed by atoms with E-state index in [2.05, 4.69) is 0 Å². The summed E-state index contributed by atoms with van der Waals surface area (Å²) in [7, 11) is 0. The van der Waals surface area contributed by atoms with Crippen molar-refractivity contribution in [2.75, 3.05) is 0 Å². The number of rotatable bonds is 0. The van der Waals surface area contributed by atoms with E-state index in [1.165, 1.54) is 5.56 Å². The largest absolute Gasteiger partial charge is 0.388 e. The second kappa shape index (κ2) is 2.09. The molecule has 1 saturated heterocycles. The fourth-order valence-corrected chi connectivity index (χ4v) is 2.02. The first-order valence-corrected chi connectivity index (χ1v) is 4.28. The lowest BCUT2D eigenvalue weighted by molar-refractivity contribution is 0.153. The summed E-state index contributed by atoms with van der Waals surface area (Å²) in [5.74, 6) is 0. The van der Waals surface area contributed by atoms with Gasteiger partial charge < -0.3 is 9.84 Å². The average molecular weight is 162 g/mol. The molecule has 0 radical (unpaired) electrons. The third-order valence-electron chi connectivity index (χ3n) is 2.70. The van der Waals surface area contributed by atoms with Crippen molar-refractivity contribution in [2.45, 2.75) is 24.7 Å². The van der Waals surface area contributed by atoms with Gasteiger partial charge >= 0.3 is 0 Å². The zero-order chi connectivity index (χ0) is 8.13. The molecular formula is C10H10O2. The number of aliphatic hydroxyl groups excluding tert-OH is 1. The molecule has 1 fully saturated rings. The van der Waals surface area contributed by atoms with Crippen molar-refractivity contribution in [1.29, 1.82) is 0 Å². The van der Waals surface area contributed by atoms with Crippen LogP contribution in [0.2, 0.25) is 0 Å². The minimum absolute atomic E-state index is 0.282. The maximum atomic E-state index is 9.68. The first-order valence-electron chi connectivity index (χ1n) is 4.28. The van der Waals surface area contributed by atoms with Gasteiger partial charge in [-0.05, 0) is 11.1 Å². The fourth-order valence-electron chi connectivity index (χ4n) is 2.02. The number of aliphatic hydroxyl groups is 1. The fraction of sp³-hybridized carbons (Fsp3) is 0.400. The van der Waals surface area contributed by atoms with Gasteiger partial charge in [-0.15, -0.1) is 0 Å². The molecule has 1 N–H and O–H groups in total. The van der Waals surface area contributed by atoms with Crippen molar-refractivity contribution in [3.05, 3.63) is 35.4 Å². The van der Waals surface area contributed by atoms with Gasteiger partial charge in [0.15, 0.2) is 0 Å². The standard InChI is InChI=1S/C10H10O2/c11-8-5-9-10(12-9)7-4-2-1-3-6(7)8/h1-4,8-11H,5H2/t8-,9+,10-/m1/s1. The number of fused-ring (bicyclic) bond motifs is 3. The second-order valence-corrected chi connectivity index (χ2v) is 3.48. The summed E-state index contributed by atoms with van der Waals surface area (Å²) < 4.78 is 5.41. The van der Waals surface area contributed by atoms with Crippen LogP contribution in [0.3, 0.4) is 0 Å². The molecule has 62 valence electrons. The van der Waals surface area contributed by atoms with Crippen LogP contribution in [-0.2, 0) is 4.74 Å².